The van der Waals surface area contributed by atoms with Gasteiger partial charge in [-0.2, -0.15) is 0 Å². The van der Waals surface area contributed by atoms with E-state index in [0.717, 1.165) is 47.0 Å². The third-order valence-electron chi connectivity index (χ3n) is 7.28. The minimum absolute atomic E-state index is 0.0102. The lowest BCUT2D eigenvalue weighted by Gasteiger charge is -2.37. The fourth-order valence-corrected chi connectivity index (χ4v) is 6.11. The number of nitrogens with zero attached hydrogens (tertiary/aromatic N) is 3. The van der Waals surface area contributed by atoms with Crippen LogP contribution in [0.3, 0.4) is 0 Å². The number of fused-ring (bicyclic) bond motifs is 1. The van der Waals surface area contributed by atoms with Crippen molar-refractivity contribution in [2.24, 2.45) is 0 Å². The van der Waals surface area contributed by atoms with Gasteiger partial charge in [0.25, 0.3) is 0 Å². The van der Waals surface area contributed by atoms with Crippen molar-refractivity contribution in [1.82, 2.24) is 14.5 Å². The molecule has 0 spiro atoms. The van der Waals surface area contributed by atoms with Gasteiger partial charge in [0.1, 0.15) is 11.4 Å². The summed E-state index contributed by atoms with van der Waals surface area (Å²) < 4.78 is 7.79. The number of phenolic OH excluding ortho intramolecular Hbond substituents is 1. The van der Waals surface area contributed by atoms with Gasteiger partial charge < -0.3 is 19.3 Å². The molecule has 5 rings (SSSR count). The summed E-state index contributed by atoms with van der Waals surface area (Å²) in [4.78, 5) is 19.7. The van der Waals surface area contributed by atoms with Gasteiger partial charge in [-0.3, -0.25) is 0 Å². The monoisotopic (exact) mass is 565 g/mol. The van der Waals surface area contributed by atoms with E-state index >= 15 is 0 Å². The molecule has 0 unspecified atom stereocenters. The third-order valence-corrected chi connectivity index (χ3v) is 8.00. The van der Waals surface area contributed by atoms with Crippen molar-refractivity contribution in [1.29, 1.82) is 0 Å². The Morgan fingerprint density at radius 2 is 1.87 bits per heavy atom. The summed E-state index contributed by atoms with van der Waals surface area (Å²) in [7, 11) is 0. The number of amides is 1. The summed E-state index contributed by atoms with van der Waals surface area (Å²) in [6.45, 7) is 8.34. The van der Waals surface area contributed by atoms with Crippen molar-refractivity contribution in [3.05, 3.63) is 82.1 Å². The molecule has 6 nitrogen and oxygen atoms in total. The SMILES string of the molecule is C[C@H](c1c(Cl)ccc(O)c1Cl)n1cnc2ccc(-c3ccccc3[C@H]3CCCCN3C(=O)OC(C)(C)C)cc21. The van der Waals surface area contributed by atoms with E-state index in [9.17, 15) is 9.90 Å². The van der Waals surface area contributed by atoms with Crippen molar-refractivity contribution in [3.8, 4) is 16.9 Å². The van der Waals surface area contributed by atoms with Crippen LogP contribution in [0.15, 0.2) is 60.9 Å². The van der Waals surface area contributed by atoms with Crippen molar-refractivity contribution in [2.45, 2.75) is 64.6 Å². The molecule has 3 aromatic carbocycles. The van der Waals surface area contributed by atoms with Gasteiger partial charge in [-0.25, -0.2) is 9.78 Å². The standard InChI is InChI=1S/C31H33Cl2N3O3/c1-19(28-23(32)13-15-27(37)29(28)33)36-18-34-24-14-12-20(17-26(24)36)21-9-5-6-10-22(21)25-11-7-8-16-35(25)30(38)39-31(2,3)4/h5-6,9-10,12-15,17-19,25,37H,7-8,11,16H2,1-4H3/t19-,25-/m1/s1. The largest absolute Gasteiger partial charge is 0.506 e. The zero-order chi connectivity index (χ0) is 27.9. The fraction of sp³-hybridized carbons (Fsp3) is 0.355. The number of aromatic hydroxyl groups is 1. The highest BCUT2D eigenvalue weighted by atomic mass is 35.5. The quantitative estimate of drug-likeness (QED) is 0.268. The van der Waals surface area contributed by atoms with E-state index in [4.69, 9.17) is 27.9 Å². The van der Waals surface area contributed by atoms with Crippen LogP contribution in [0.4, 0.5) is 4.79 Å². The Labute approximate surface area is 239 Å². The molecule has 0 aliphatic carbocycles. The highest BCUT2D eigenvalue weighted by Gasteiger charge is 2.32. The van der Waals surface area contributed by atoms with Gasteiger partial charge in [-0.05, 0) is 87.9 Å². The first-order chi connectivity index (χ1) is 18.5. The first-order valence-electron chi connectivity index (χ1n) is 13.3. The molecule has 1 N–H and O–H groups in total. The highest BCUT2D eigenvalue weighted by molar-refractivity contribution is 6.37. The Kier molecular flexibility index (Phi) is 7.53. The predicted octanol–water partition coefficient (Wildman–Crippen LogP) is 8.79. The first kappa shape index (κ1) is 27.4. The summed E-state index contributed by atoms with van der Waals surface area (Å²) in [5.74, 6) is -0.0102. The number of carbonyl (C=O) groups excluding carboxylic acids is 1. The van der Waals surface area contributed by atoms with Gasteiger partial charge in [0.15, 0.2) is 0 Å². The number of phenols is 1. The van der Waals surface area contributed by atoms with Crippen LogP contribution in [0.1, 0.15) is 70.2 Å². The number of rotatable bonds is 4. The Morgan fingerprint density at radius 1 is 1.10 bits per heavy atom. The van der Waals surface area contributed by atoms with Crippen LogP contribution in [0.5, 0.6) is 5.75 Å². The molecule has 1 amide bonds. The molecular weight excluding hydrogens is 533 g/mol. The lowest BCUT2D eigenvalue weighted by atomic mass is 9.89. The van der Waals surface area contributed by atoms with E-state index in [1.165, 1.54) is 6.07 Å². The van der Waals surface area contributed by atoms with Gasteiger partial charge in [-0.15, -0.1) is 0 Å². The Hall–Kier alpha value is -3.22. The molecular formula is C31H33Cl2N3O3. The Bertz CT molecular complexity index is 1530. The van der Waals surface area contributed by atoms with Crippen LogP contribution in [0.2, 0.25) is 10.0 Å². The van der Waals surface area contributed by atoms with Crippen LogP contribution < -0.4 is 0 Å². The molecule has 4 aromatic rings. The number of ether oxygens (including phenoxy) is 1. The van der Waals surface area contributed by atoms with Crippen LogP contribution >= 0.6 is 23.2 Å². The summed E-state index contributed by atoms with van der Waals surface area (Å²) in [5.41, 5.74) is 5.02. The second-order valence-electron chi connectivity index (χ2n) is 11.1. The lowest BCUT2D eigenvalue weighted by molar-refractivity contribution is 0.00958. The van der Waals surface area contributed by atoms with Crippen LogP contribution in [0, 0.1) is 0 Å². The third kappa shape index (κ3) is 5.45. The zero-order valence-electron chi connectivity index (χ0n) is 22.6. The van der Waals surface area contributed by atoms with Crippen molar-refractivity contribution in [3.63, 3.8) is 0 Å². The number of likely N-dealkylation sites (tertiary alicyclic amines) is 1. The number of hydrogen-bond donors (Lipinski definition) is 1. The number of halogens is 2. The van der Waals surface area contributed by atoms with Crippen LogP contribution in [-0.4, -0.2) is 37.8 Å². The maximum Gasteiger partial charge on any atom is 0.410 e. The zero-order valence-corrected chi connectivity index (χ0v) is 24.1. The molecule has 0 bridgehead atoms. The summed E-state index contributed by atoms with van der Waals surface area (Å²) >= 11 is 13.0. The molecule has 0 radical (unpaired) electrons. The van der Waals surface area contributed by atoms with Gasteiger partial charge >= 0.3 is 6.09 Å². The molecule has 39 heavy (non-hydrogen) atoms. The molecule has 1 aliphatic rings. The van der Waals surface area contributed by atoms with E-state index < -0.39 is 5.60 Å². The molecule has 1 fully saturated rings. The highest BCUT2D eigenvalue weighted by Crippen LogP contribution is 2.41. The second-order valence-corrected chi connectivity index (χ2v) is 11.9. The number of piperidine rings is 1. The number of aromatic nitrogens is 2. The number of hydrogen-bond acceptors (Lipinski definition) is 4. The van der Waals surface area contributed by atoms with Crippen molar-refractivity contribution >= 4 is 40.3 Å². The van der Waals surface area contributed by atoms with Crippen molar-refractivity contribution in [2.75, 3.05) is 6.54 Å². The average molecular weight is 567 g/mol. The van der Waals surface area contributed by atoms with Gasteiger partial charge in [0, 0.05) is 17.1 Å². The predicted molar refractivity (Wildman–Crippen MR) is 157 cm³/mol. The molecule has 0 saturated carbocycles. The Balaban J connectivity index is 1.56. The maximum absolute atomic E-state index is 13.2. The molecule has 1 aromatic heterocycles. The lowest BCUT2D eigenvalue weighted by Crippen LogP contribution is -2.42. The van der Waals surface area contributed by atoms with E-state index in [1.54, 1.807) is 12.4 Å². The first-order valence-corrected chi connectivity index (χ1v) is 14.0. The molecule has 8 heteroatoms. The molecule has 1 saturated heterocycles. The van der Waals surface area contributed by atoms with Gasteiger partial charge in [-0.1, -0.05) is 53.5 Å². The minimum Gasteiger partial charge on any atom is -0.506 e. The van der Waals surface area contributed by atoms with Crippen LogP contribution in [0.25, 0.3) is 22.2 Å². The molecule has 1 aliphatic heterocycles. The number of imidazole rings is 1. The molecule has 2 heterocycles. The van der Waals surface area contributed by atoms with Crippen molar-refractivity contribution < 1.29 is 14.6 Å². The Morgan fingerprint density at radius 3 is 2.64 bits per heavy atom. The van der Waals surface area contributed by atoms with E-state index in [-0.39, 0.29) is 28.9 Å². The second kappa shape index (κ2) is 10.7. The smallest absolute Gasteiger partial charge is 0.410 e. The summed E-state index contributed by atoms with van der Waals surface area (Å²) in [5, 5.41) is 10.9. The van der Waals surface area contributed by atoms with Crippen LogP contribution in [-0.2, 0) is 4.74 Å². The molecule has 204 valence electrons. The number of benzene rings is 3. The fourth-order valence-electron chi connectivity index (χ4n) is 5.43. The van der Waals surface area contributed by atoms with E-state index in [2.05, 4.69) is 29.2 Å². The van der Waals surface area contributed by atoms with E-state index in [1.807, 2.05) is 55.4 Å². The summed E-state index contributed by atoms with van der Waals surface area (Å²) in [6, 6.07) is 17.2. The van der Waals surface area contributed by atoms with Gasteiger partial charge in [0.05, 0.1) is 34.5 Å². The minimum atomic E-state index is -0.555. The average Bonchev–Trinajstić information content (AvgIpc) is 3.33. The maximum atomic E-state index is 13.2. The van der Waals surface area contributed by atoms with Gasteiger partial charge in [0.2, 0.25) is 0 Å². The summed E-state index contributed by atoms with van der Waals surface area (Å²) in [6.07, 6.45) is 4.38. The number of carbonyl (C=O) groups is 1. The normalized spacial score (nSPS) is 16.9. The van der Waals surface area contributed by atoms with E-state index in [0.29, 0.717) is 17.1 Å². The topological polar surface area (TPSA) is 67.6 Å². The molecule has 2 atom stereocenters.